The maximum absolute atomic E-state index is 12.3. The monoisotopic (exact) mass is 412 g/mol. The van der Waals surface area contributed by atoms with Crippen molar-refractivity contribution in [2.45, 2.75) is 6.04 Å². The maximum atomic E-state index is 12.3. The average Bonchev–Trinajstić information content (AvgIpc) is 3.09. The van der Waals surface area contributed by atoms with E-state index in [4.69, 9.17) is 23.2 Å². The fourth-order valence-corrected chi connectivity index (χ4v) is 3.14. The lowest BCUT2D eigenvalue weighted by molar-refractivity contribution is -0.139. The zero-order valence-electron chi connectivity index (χ0n) is 13.2. The molecule has 1 aromatic heterocycles. The Hall–Kier alpha value is -2.35. The number of nitrogens with one attached hydrogen (secondary N) is 2. The molecule has 0 fully saturated rings. The van der Waals surface area contributed by atoms with E-state index in [1.54, 1.807) is 12.1 Å². The first-order valence-electron chi connectivity index (χ1n) is 7.35. The van der Waals surface area contributed by atoms with Gasteiger partial charge in [0, 0.05) is 17.5 Å². The molecule has 0 aliphatic heterocycles. The molecule has 2 amide bonds. The zero-order chi connectivity index (χ0) is 19.1. The molecule has 0 saturated heterocycles. The summed E-state index contributed by atoms with van der Waals surface area (Å²) in [5.74, 6) is -2.52. The van der Waals surface area contributed by atoms with Gasteiger partial charge in [-0.2, -0.15) is 0 Å². The average molecular weight is 413 g/mol. The molecule has 2 rings (SSSR count). The third-order valence-electron chi connectivity index (χ3n) is 3.22. The highest BCUT2D eigenvalue weighted by Crippen LogP contribution is 2.24. The van der Waals surface area contributed by atoms with Gasteiger partial charge in [0.05, 0.1) is 15.6 Å². The minimum atomic E-state index is -1.34. The topological polar surface area (TPSA) is 95.5 Å². The number of hydrogen-bond donors (Lipinski definition) is 3. The van der Waals surface area contributed by atoms with Crippen LogP contribution in [0, 0.1) is 0 Å². The van der Waals surface area contributed by atoms with Crippen molar-refractivity contribution in [2.24, 2.45) is 0 Å². The Morgan fingerprint density at radius 2 is 1.85 bits per heavy atom. The highest BCUT2D eigenvalue weighted by atomic mass is 35.5. The molecule has 136 valence electrons. The predicted molar refractivity (Wildman–Crippen MR) is 102 cm³/mol. The lowest BCUT2D eigenvalue weighted by atomic mass is 10.2. The molecule has 0 unspecified atom stereocenters. The second kappa shape index (κ2) is 9.38. The van der Waals surface area contributed by atoms with Gasteiger partial charge in [-0.05, 0) is 29.7 Å². The summed E-state index contributed by atoms with van der Waals surface area (Å²) in [5, 5.41) is 16.0. The summed E-state index contributed by atoms with van der Waals surface area (Å²) in [6.45, 7) is -0.295. The third kappa shape index (κ3) is 5.59. The lowest BCUT2D eigenvalue weighted by Crippen LogP contribution is -2.48. The van der Waals surface area contributed by atoms with E-state index in [0.717, 1.165) is 4.88 Å². The number of aliphatic carboxylic acids is 1. The van der Waals surface area contributed by atoms with Crippen LogP contribution in [0.1, 0.15) is 15.2 Å². The molecule has 26 heavy (non-hydrogen) atoms. The number of carboxylic acids is 1. The standard InChI is InChI=1S/C17H14Cl2N2O4S/c18-11-4-1-5-12(19)15(11)16(23)21-13(17(24)25)9-20-14(22)7-6-10-3-2-8-26-10/h1-8,13H,9H2,(H,20,22)(H,21,23)(H,24,25)/b7-6+/t13-/m0/s1. The van der Waals surface area contributed by atoms with E-state index in [0.29, 0.717) is 0 Å². The molecular weight excluding hydrogens is 399 g/mol. The van der Waals surface area contributed by atoms with Gasteiger partial charge in [0.2, 0.25) is 5.91 Å². The summed E-state index contributed by atoms with van der Waals surface area (Å²) in [7, 11) is 0. The van der Waals surface area contributed by atoms with Gasteiger partial charge in [-0.15, -0.1) is 11.3 Å². The van der Waals surface area contributed by atoms with E-state index in [9.17, 15) is 19.5 Å². The summed E-state index contributed by atoms with van der Waals surface area (Å²) >= 11 is 13.3. The molecule has 6 nitrogen and oxygen atoms in total. The Balaban J connectivity index is 1.97. The third-order valence-corrected chi connectivity index (χ3v) is 4.68. The number of carbonyl (C=O) groups is 3. The molecule has 1 heterocycles. The van der Waals surface area contributed by atoms with Gasteiger partial charge in [0.1, 0.15) is 6.04 Å². The molecular formula is C17H14Cl2N2O4S. The highest BCUT2D eigenvalue weighted by molar-refractivity contribution is 7.10. The van der Waals surface area contributed by atoms with Crippen LogP contribution in [0.5, 0.6) is 0 Å². The number of rotatable bonds is 7. The van der Waals surface area contributed by atoms with Crippen LogP contribution in [0.15, 0.2) is 41.8 Å². The quantitative estimate of drug-likeness (QED) is 0.608. The lowest BCUT2D eigenvalue weighted by Gasteiger charge is -2.16. The van der Waals surface area contributed by atoms with Gasteiger partial charge in [-0.3, -0.25) is 9.59 Å². The SMILES string of the molecule is O=C(/C=C/c1cccs1)NC[C@H](NC(=O)c1c(Cl)cccc1Cl)C(=O)O. The van der Waals surface area contributed by atoms with E-state index in [-0.39, 0.29) is 22.2 Å². The Kier molecular flexibility index (Phi) is 7.20. The molecule has 0 aliphatic rings. The molecule has 1 atom stereocenters. The Bertz CT molecular complexity index is 817. The number of hydrogen-bond acceptors (Lipinski definition) is 4. The van der Waals surface area contributed by atoms with Crippen LogP contribution in [0.2, 0.25) is 10.0 Å². The summed E-state index contributed by atoms with van der Waals surface area (Å²) in [6, 6.07) is 6.84. The van der Waals surface area contributed by atoms with E-state index >= 15 is 0 Å². The second-order valence-corrected chi connectivity index (χ2v) is 6.85. The zero-order valence-corrected chi connectivity index (χ0v) is 15.6. The Labute approximate surface area is 163 Å². The minimum absolute atomic E-state index is 0.0222. The molecule has 9 heteroatoms. The second-order valence-electron chi connectivity index (χ2n) is 5.05. The molecule has 0 bridgehead atoms. The first kappa shape index (κ1) is 20.0. The smallest absolute Gasteiger partial charge is 0.328 e. The van der Waals surface area contributed by atoms with Crippen LogP contribution >= 0.6 is 34.5 Å². The Morgan fingerprint density at radius 3 is 2.42 bits per heavy atom. The van der Waals surface area contributed by atoms with Crippen LogP contribution in [-0.4, -0.2) is 35.5 Å². The Morgan fingerprint density at radius 1 is 1.15 bits per heavy atom. The largest absolute Gasteiger partial charge is 0.480 e. The molecule has 0 saturated carbocycles. The van der Waals surface area contributed by atoms with E-state index in [2.05, 4.69) is 10.6 Å². The van der Waals surface area contributed by atoms with Crippen LogP contribution < -0.4 is 10.6 Å². The van der Waals surface area contributed by atoms with E-state index < -0.39 is 23.8 Å². The molecule has 0 radical (unpaired) electrons. The molecule has 0 aliphatic carbocycles. The van der Waals surface area contributed by atoms with Crippen LogP contribution in [0.4, 0.5) is 0 Å². The van der Waals surface area contributed by atoms with Gasteiger partial charge >= 0.3 is 5.97 Å². The predicted octanol–water partition coefficient (Wildman–Crippen LogP) is 3.07. The minimum Gasteiger partial charge on any atom is -0.480 e. The van der Waals surface area contributed by atoms with Crippen molar-refractivity contribution in [1.29, 1.82) is 0 Å². The van der Waals surface area contributed by atoms with Crippen molar-refractivity contribution >= 4 is 58.4 Å². The van der Waals surface area contributed by atoms with Crippen LogP contribution in [-0.2, 0) is 9.59 Å². The fraction of sp³-hybridized carbons (Fsp3) is 0.118. The number of halogens is 2. The molecule has 2 aromatic rings. The van der Waals surface area contributed by atoms with E-state index in [1.165, 1.54) is 29.5 Å². The van der Waals surface area contributed by atoms with Crippen molar-refractivity contribution < 1.29 is 19.5 Å². The van der Waals surface area contributed by atoms with Gasteiger partial charge in [0.15, 0.2) is 0 Å². The maximum Gasteiger partial charge on any atom is 0.328 e. The van der Waals surface area contributed by atoms with Crippen LogP contribution in [0.3, 0.4) is 0 Å². The van der Waals surface area contributed by atoms with Gasteiger partial charge in [-0.1, -0.05) is 35.3 Å². The first-order valence-corrected chi connectivity index (χ1v) is 8.99. The summed E-state index contributed by atoms with van der Waals surface area (Å²) < 4.78 is 0. The van der Waals surface area contributed by atoms with Gasteiger partial charge in [-0.25, -0.2) is 4.79 Å². The number of thiophene rings is 1. The molecule has 0 spiro atoms. The van der Waals surface area contributed by atoms with Crippen molar-refractivity contribution in [2.75, 3.05) is 6.54 Å². The fourth-order valence-electron chi connectivity index (χ4n) is 1.95. The number of benzene rings is 1. The summed E-state index contributed by atoms with van der Waals surface area (Å²) in [5.41, 5.74) is -0.0222. The van der Waals surface area contributed by atoms with Gasteiger partial charge in [0.25, 0.3) is 5.91 Å². The summed E-state index contributed by atoms with van der Waals surface area (Å²) in [4.78, 5) is 36.3. The number of carbonyl (C=O) groups excluding carboxylic acids is 2. The van der Waals surface area contributed by atoms with Crippen molar-refractivity contribution in [3.05, 3.63) is 62.3 Å². The summed E-state index contributed by atoms with van der Waals surface area (Å²) in [6.07, 6.45) is 2.90. The van der Waals surface area contributed by atoms with Crippen molar-refractivity contribution in [1.82, 2.24) is 10.6 Å². The van der Waals surface area contributed by atoms with Crippen molar-refractivity contribution in [3.8, 4) is 0 Å². The van der Waals surface area contributed by atoms with Crippen molar-refractivity contribution in [3.63, 3.8) is 0 Å². The van der Waals surface area contributed by atoms with E-state index in [1.807, 2.05) is 17.5 Å². The number of carboxylic acid groups (broad SMARTS) is 1. The van der Waals surface area contributed by atoms with Crippen LogP contribution in [0.25, 0.3) is 6.08 Å². The molecule has 1 aromatic carbocycles. The number of amides is 2. The molecule has 3 N–H and O–H groups in total. The highest BCUT2D eigenvalue weighted by Gasteiger charge is 2.23. The van der Waals surface area contributed by atoms with Gasteiger partial charge < -0.3 is 15.7 Å². The first-order chi connectivity index (χ1) is 12.4. The normalized spacial score (nSPS) is 11.9.